The number of carbonyl (C=O) groups is 1. The van der Waals surface area contributed by atoms with Crippen LogP contribution in [0, 0.1) is 0 Å². The highest BCUT2D eigenvalue weighted by Crippen LogP contribution is 2.25. The lowest BCUT2D eigenvalue weighted by atomic mass is 10.1. The van der Waals surface area contributed by atoms with E-state index in [2.05, 4.69) is 29.4 Å². The molecule has 0 aliphatic heterocycles. The lowest BCUT2D eigenvalue weighted by molar-refractivity contribution is -0.105. The maximum Gasteiger partial charge on any atom is 0.211 e. The average molecular weight is 203 g/mol. The van der Waals surface area contributed by atoms with E-state index in [1.807, 2.05) is 18.2 Å². The van der Waals surface area contributed by atoms with Crippen molar-refractivity contribution in [3.8, 4) is 0 Å². The maximum absolute atomic E-state index is 10.3. The second kappa shape index (κ2) is 3.73. The Morgan fingerprint density at radius 2 is 2.27 bits per heavy atom. The number of H-pyrrole nitrogens is 1. The van der Waals surface area contributed by atoms with Crippen LogP contribution >= 0.6 is 0 Å². The number of aromatic amines is 1. The van der Waals surface area contributed by atoms with Crippen molar-refractivity contribution >= 4 is 23.0 Å². The van der Waals surface area contributed by atoms with Gasteiger partial charge in [-0.15, -0.1) is 0 Å². The van der Waals surface area contributed by atoms with Gasteiger partial charge in [0.05, 0.1) is 5.52 Å². The molecule has 0 spiro atoms. The number of rotatable bonds is 3. The van der Waals surface area contributed by atoms with Crippen molar-refractivity contribution in [2.45, 2.75) is 19.8 Å². The van der Waals surface area contributed by atoms with Crippen LogP contribution in [0.4, 0.5) is 5.69 Å². The molecule has 0 fully saturated rings. The van der Waals surface area contributed by atoms with Crippen molar-refractivity contribution in [1.82, 2.24) is 10.2 Å². The van der Waals surface area contributed by atoms with Crippen LogP contribution in [0.1, 0.15) is 25.5 Å². The molecule has 0 aliphatic carbocycles. The van der Waals surface area contributed by atoms with Crippen LogP contribution < -0.4 is 5.32 Å². The Balaban J connectivity index is 2.56. The maximum atomic E-state index is 10.3. The van der Waals surface area contributed by atoms with Gasteiger partial charge in [0.1, 0.15) is 0 Å². The Kier molecular flexibility index (Phi) is 2.41. The summed E-state index contributed by atoms with van der Waals surface area (Å²) in [5, 5.41) is 10.9. The van der Waals surface area contributed by atoms with Crippen molar-refractivity contribution in [1.29, 1.82) is 0 Å². The summed E-state index contributed by atoms with van der Waals surface area (Å²) < 4.78 is 0. The second-order valence-corrected chi connectivity index (χ2v) is 3.79. The fraction of sp³-hybridized carbons (Fsp3) is 0.273. The molecule has 2 aromatic rings. The molecular weight excluding hydrogens is 190 g/mol. The highest BCUT2D eigenvalue weighted by molar-refractivity contribution is 5.87. The summed E-state index contributed by atoms with van der Waals surface area (Å²) in [6, 6.07) is 5.66. The normalized spacial score (nSPS) is 10.9. The van der Waals surface area contributed by atoms with Gasteiger partial charge >= 0.3 is 0 Å². The molecule has 0 atom stereocenters. The highest BCUT2D eigenvalue weighted by atomic mass is 16.1. The summed E-state index contributed by atoms with van der Waals surface area (Å²) in [4.78, 5) is 10.3. The molecule has 4 nitrogen and oxygen atoms in total. The van der Waals surface area contributed by atoms with Crippen LogP contribution in [0.15, 0.2) is 18.2 Å². The van der Waals surface area contributed by atoms with Crippen LogP contribution in [0.2, 0.25) is 0 Å². The molecule has 2 N–H and O–H groups in total. The van der Waals surface area contributed by atoms with Crippen LogP contribution in [0.3, 0.4) is 0 Å². The molecule has 0 saturated heterocycles. The zero-order valence-corrected chi connectivity index (χ0v) is 8.74. The Hall–Kier alpha value is -1.84. The first-order valence-corrected chi connectivity index (χ1v) is 4.90. The fourth-order valence-electron chi connectivity index (χ4n) is 1.63. The molecule has 0 aliphatic rings. The minimum atomic E-state index is 0.390. The average Bonchev–Trinajstić information content (AvgIpc) is 2.61. The van der Waals surface area contributed by atoms with Gasteiger partial charge in [0.25, 0.3) is 0 Å². The van der Waals surface area contributed by atoms with Crippen molar-refractivity contribution < 1.29 is 4.79 Å². The molecule has 0 bridgehead atoms. The monoisotopic (exact) mass is 203 g/mol. The van der Waals surface area contributed by atoms with E-state index in [1.54, 1.807) is 0 Å². The standard InChI is InChI=1S/C11H13N3O/c1-7(2)11-9-5-8(12-6-15)3-4-10(9)13-14-11/h3-7H,1-2H3,(H,12,15)(H,13,14). The topological polar surface area (TPSA) is 57.8 Å². The number of nitrogens with one attached hydrogen (secondary N) is 2. The molecule has 1 heterocycles. The zero-order valence-electron chi connectivity index (χ0n) is 8.74. The number of hydrogen-bond donors (Lipinski definition) is 2. The number of nitrogens with zero attached hydrogens (tertiary/aromatic N) is 1. The second-order valence-electron chi connectivity index (χ2n) is 3.79. The van der Waals surface area contributed by atoms with Crippen molar-refractivity contribution in [2.24, 2.45) is 0 Å². The summed E-state index contributed by atoms with van der Waals surface area (Å²) in [6.07, 6.45) is 0.677. The predicted octanol–water partition coefficient (Wildman–Crippen LogP) is 2.25. The Labute approximate surface area is 87.7 Å². The number of amides is 1. The highest BCUT2D eigenvalue weighted by Gasteiger charge is 2.08. The summed E-state index contributed by atoms with van der Waals surface area (Å²) in [5.41, 5.74) is 2.82. The number of fused-ring (bicyclic) bond motifs is 1. The number of aromatic nitrogens is 2. The molecule has 1 aromatic carbocycles. The van der Waals surface area contributed by atoms with Gasteiger partial charge in [-0.05, 0) is 24.1 Å². The molecule has 4 heteroatoms. The number of benzene rings is 1. The third-order valence-corrected chi connectivity index (χ3v) is 2.39. The van der Waals surface area contributed by atoms with E-state index in [4.69, 9.17) is 0 Å². The van der Waals surface area contributed by atoms with E-state index in [1.165, 1.54) is 0 Å². The van der Waals surface area contributed by atoms with Crippen molar-refractivity contribution in [3.63, 3.8) is 0 Å². The SMILES string of the molecule is CC(C)c1[nH]nc2ccc(NC=O)cc12. The third kappa shape index (κ3) is 1.70. The zero-order chi connectivity index (χ0) is 10.8. The van der Waals surface area contributed by atoms with E-state index in [9.17, 15) is 4.79 Å². The molecule has 15 heavy (non-hydrogen) atoms. The van der Waals surface area contributed by atoms with E-state index < -0.39 is 0 Å². The summed E-state index contributed by atoms with van der Waals surface area (Å²) >= 11 is 0. The largest absolute Gasteiger partial charge is 0.329 e. The first-order valence-electron chi connectivity index (χ1n) is 4.90. The fourth-order valence-corrected chi connectivity index (χ4v) is 1.63. The molecular formula is C11H13N3O. The van der Waals surface area contributed by atoms with Gasteiger partial charge in [-0.3, -0.25) is 9.89 Å². The van der Waals surface area contributed by atoms with Gasteiger partial charge in [-0.25, -0.2) is 0 Å². The molecule has 1 amide bonds. The van der Waals surface area contributed by atoms with E-state index in [-0.39, 0.29) is 0 Å². The van der Waals surface area contributed by atoms with Crippen molar-refractivity contribution in [2.75, 3.05) is 5.32 Å². The van der Waals surface area contributed by atoms with Crippen LogP contribution in [-0.4, -0.2) is 16.6 Å². The summed E-state index contributed by atoms with van der Waals surface area (Å²) in [5.74, 6) is 0.390. The van der Waals surface area contributed by atoms with Gasteiger partial charge in [0, 0.05) is 16.8 Å². The van der Waals surface area contributed by atoms with Crippen LogP contribution in [0.5, 0.6) is 0 Å². The van der Waals surface area contributed by atoms with Crippen LogP contribution in [0.25, 0.3) is 10.9 Å². The number of carbonyl (C=O) groups excluding carboxylic acids is 1. The van der Waals surface area contributed by atoms with E-state index >= 15 is 0 Å². The summed E-state index contributed by atoms with van der Waals surface area (Å²) in [7, 11) is 0. The smallest absolute Gasteiger partial charge is 0.211 e. The van der Waals surface area contributed by atoms with Crippen LogP contribution in [-0.2, 0) is 4.79 Å². The van der Waals surface area contributed by atoms with E-state index in [0.717, 1.165) is 22.3 Å². The summed E-state index contributed by atoms with van der Waals surface area (Å²) in [6.45, 7) is 4.21. The Bertz CT molecular complexity index is 488. The van der Waals surface area contributed by atoms with Gasteiger partial charge < -0.3 is 5.32 Å². The molecule has 78 valence electrons. The number of hydrogen-bond acceptors (Lipinski definition) is 2. The number of anilines is 1. The lowest BCUT2D eigenvalue weighted by Crippen LogP contribution is -1.93. The Morgan fingerprint density at radius 1 is 1.47 bits per heavy atom. The molecule has 0 radical (unpaired) electrons. The minimum Gasteiger partial charge on any atom is -0.329 e. The quantitative estimate of drug-likeness (QED) is 0.752. The molecule has 1 aromatic heterocycles. The molecule has 0 saturated carbocycles. The van der Waals surface area contributed by atoms with E-state index in [0.29, 0.717) is 12.3 Å². The lowest BCUT2D eigenvalue weighted by Gasteiger charge is -2.02. The molecule has 0 unspecified atom stereocenters. The first kappa shape index (κ1) is 9.71. The third-order valence-electron chi connectivity index (χ3n) is 2.39. The van der Waals surface area contributed by atoms with Gasteiger partial charge in [0.2, 0.25) is 6.41 Å². The first-order chi connectivity index (χ1) is 7.22. The Morgan fingerprint density at radius 3 is 2.93 bits per heavy atom. The van der Waals surface area contributed by atoms with Gasteiger partial charge in [-0.2, -0.15) is 5.10 Å². The molecule has 2 rings (SSSR count). The van der Waals surface area contributed by atoms with Gasteiger partial charge in [-0.1, -0.05) is 13.8 Å². The van der Waals surface area contributed by atoms with Crippen molar-refractivity contribution in [3.05, 3.63) is 23.9 Å². The predicted molar refractivity (Wildman–Crippen MR) is 59.9 cm³/mol. The minimum absolute atomic E-state index is 0.390. The van der Waals surface area contributed by atoms with Gasteiger partial charge in [0.15, 0.2) is 0 Å².